The van der Waals surface area contributed by atoms with Crippen LogP contribution in [0.4, 0.5) is 4.39 Å². The van der Waals surface area contributed by atoms with Crippen LogP contribution in [0.2, 0.25) is 0 Å². The van der Waals surface area contributed by atoms with E-state index in [0.29, 0.717) is 4.47 Å². The number of hydrogen-bond donors (Lipinski definition) is 1. The average molecular weight is 272 g/mol. The van der Waals surface area contributed by atoms with Crippen molar-refractivity contribution in [3.8, 4) is 0 Å². The number of benzene rings is 1. The first-order chi connectivity index (χ1) is 7.16. The van der Waals surface area contributed by atoms with Crippen LogP contribution in [0.3, 0.4) is 0 Å². The topological polar surface area (TPSA) is 12.0 Å². The summed E-state index contributed by atoms with van der Waals surface area (Å²) in [7, 11) is 0. The molecule has 1 fully saturated rings. The Kier molecular flexibility index (Phi) is 3.42. The maximum atomic E-state index is 13.2. The van der Waals surface area contributed by atoms with Crippen molar-refractivity contribution in [2.24, 2.45) is 11.8 Å². The summed E-state index contributed by atoms with van der Waals surface area (Å²) in [6.45, 7) is 4.08. The fourth-order valence-corrected chi connectivity index (χ4v) is 1.98. The van der Waals surface area contributed by atoms with E-state index in [4.69, 9.17) is 0 Å². The Labute approximate surface area is 98.2 Å². The van der Waals surface area contributed by atoms with Crippen LogP contribution in [0.1, 0.15) is 18.9 Å². The molecule has 3 heteroatoms. The van der Waals surface area contributed by atoms with Crippen LogP contribution >= 0.6 is 15.9 Å². The third-order valence-corrected chi connectivity index (χ3v) is 3.64. The van der Waals surface area contributed by atoms with Crippen molar-refractivity contribution in [1.82, 2.24) is 5.32 Å². The van der Waals surface area contributed by atoms with Crippen molar-refractivity contribution in [1.29, 1.82) is 0 Å². The number of rotatable bonds is 4. The van der Waals surface area contributed by atoms with Gasteiger partial charge in [0.15, 0.2) is 0 Å². The molecular formula is C12H15BrFN. The van der Waals surface area contributed by atoms with Crippen LogP contribution in [0.25, 0.3) is 0 Å². The highest BCUT2D eigenvalue weighted by Gasteiger charge is 2.31. The number of nitrogens with one attached hydrogen (secondary N) is 1. The first-order valence-corrected chi connectivity index (χ1v) is 6.11. The van der Waals surface area contributed by atoms with Gasteiger partial charge in [-0.15, -0.1) is 0 Å². The largest absolute Gasteiger partial charge is 0.312 e. The van der Waals surface area contributed by atoms with E-state index in [1.807, 2.05) is 6.07 Å². The summed E-state index contributed by atoms with van der Waals surface area (Å²) in [4.78, 5) is 0. The summed E-state index contributed by atoms with van der Waals surface area (Å²) in [5.74, 6) is 1.53. The van der Waals surface area contributed by atoms with Gasteiger partial charge in [-0.1, -0.05) is 13.0 Å². The van der Waals surface area contributed by atoms with Gasteiger partial charge in [-0.25, -0.2) is 4.39 Å². The fourth-order valence-electron chi connectivity index (χ4n) is 1.73. The van der Waals surface area contributed by atoms with Gasteiger partial charge >= 0.3 is 0 Å². The van der Waals surface area contributed by atoms with E-state index in [1.54, 1.807) is 12.1 Å². The predicted molar refractivity (Wildman–Crippen MR) is 63.1 cm³/mol. The Morgan fingerprint density at radius 1 is 1.53 bits per heavy atom. The summed E-state index contributed by atoms with van der Waals surface area (Å²) in [6.07, 6.45) is 1.34. The standard InChI is InChI=1S/C12H15BrFN/c1-8-4-10(8)7-15-6-9-2-3-11(13)12(14)5-9/h2-3,5,8,10,15H,4,6-7H2,1H3. The molecule has 0 bridgehead atoms. The van der Waals surface area contributed by atoms with Crippen LogP contribution in [0, 0.1) is 17.7 Å². The lowest BCUT2D eigenvalue weighted by atomic mass is 10.2. The first-order valence-electron chi connectivity index (χ1n) is 5.31. The second-order valence-corrected chi connectivity index (χ2v) is 5.21. The van der Waals surface area contributed by atoms with Crippen molar-refractivity contribution in [3.63, 3.8) is 0 Å². The summed E-state index contributed by atoms with van der Waals surface area (Å²) < 4.78 is 13.7. The Bertz CT molecular complexity index is 353. The SMILES string of the molecule is CC1CC1CNCc1ccc(Br)c(F)c1. The van der Waals surface area contributed by atoms with E-state index in [0.717, 1.165) is 30.5 Å². The molecule has 0 amide bonds. The first kappa shape index (κ1) is 11.1. The quantitative estimate of drug-likeness (QED) is 0.886. The minimum Gasteiger partial charge on any atom is -0.312 e. The van der Waals surface area contributed by atoms with E-state index in [1.165, 1.54) is 6.42 Å². The fraction of sp³-hybridized carbons (Fsp3) is 0.500. The van der Waals surface area contributed by atoms with Gasteiger partial charge in [0, 0.05) is 6.54 Å². The molecule has 0 radical (unpaired) electrons. The Morgan fingerprint density at radius 3 is 2.87 bits per heavy atom. The lowest BCUT2D eigenvalue weighted by Crippen LogP contribution is -2.16. The molecule has 0 spiro atoms. The molecule has 15 heavy (non-hydrogen) atoms. The molecule has 0 saturated heterocycles. The van der Waals surface area contributed by atoms with Crippen LogP contribution in [-0.4, -0.2) is 6.54 Å². The molecule has 0 aliphatic heterocycles. The van der Waals surface area contributed by atoms with Crippen LogP contribution in [-0.2, 0) is 6.54 Å². The molecule has 0 heterocycles. The van der Waals surface area contributed by atoms with Gasteiger partial charge in [0.1, 0.15) is 5.82 Å². The second kappa shape index (κ2) is 4.62. The third-order valence-electron chi connectivity index (χ3n) is 3.00. The van der Waals surface area contributed by atoms with Crippen molar-refractivity contribution in [2.75, 3.05) is 6.54 Å². The average Bonchev–Trinajstić information content (AvgIpc) is 2.88. The number of halogens is 2. The smallest absolute Gasteiger partial charge is 0.137 e. The van der Waals surface area contributed by atoms with Crippen LogP contribution < -0.4 is 5.32 Å². The van der Waals surface area contributed by atoms with Crippen molar-refractivity contribution in [3.05, 3.63) is 34.1 Å². The van der Waals surface area contributed by atoms with Gasteiger partial charge in [-0.2, -0.15) is 0 Å². The van der Waals surface area contributed by atoms with Gasteiger partial charge in [0.05, 0.1) is 4.47 Å². The van der Waals surface area contributed by atoms with Crippen molar-refractivity contribution < 1.29 is 4.39 Å². The maximum Gasteiger partial charge on any atom is 0.137 e. The highest BCUT2D eigenvalue weighted by Crippen LogP contribution is 2.36. The van der Waals surface area contributed by atoms with Gasteiger partial charge in [-0.05, 0) is 58.4 Å². The Balaban J connectivity index is 1.80. The van der Waals surface area contributed by atoms with E-state index in [2.05, 4.69) is 28.2 Å². The summed E-state index contributed by atoms with van der Waals surface area (Å²) in [6, 6.07) is 5.27. The van der Waals surface area contributed by atoms with Crippen LogP contribution in [0.5, 0.6) is 0 Å². The minimum absolute atomic E-state index is 0.186. The zero-order valence-electron chi connectivity index (χ0n) is 8.76. The minimum atomic E-state index is -0.186. The molecule has 1 nitrogen and oxygen atoms in total. The molecule has 1 aliphatic carbocycles. The monoisotopic (exact) mass is 271 g/mol. The molecule has 1 N–H and O–H groups in total. The molecule has 1 saturated carbocycles. The van der Waals surface area contributed by atoms with E-state index in [-0.39, 0.29) is 5.82 Å². The predicted octanol–water partition coefficient (Wildman–Crippen LogP) is 3.33. The lowest BCUT2D eigenvalue weighted by Gasteiger charge is -2.04. The molecule has 2 atom stereocenters. The van der Waals surface area contributed by atoms with E-state index < -0.39 is 0 Å². The third kappa shape index (κ3) is 3.02. The van der Waals surface area contributed by atoms with E-state index in [9.17, 15) is 4.39 Å². The molecule has 1 aromatic rings. The lowest BCUT2D eigenvalue weighted by molar-refractivity contribution is 0.598. The van der Waals surface area contributed by atoms with Crippen molar-refractivity contribution >= 4 is 15.9 Å². The highest BCUT2D eigenvalue weighted by molar-refractivity contribution is 9.10. The summed E-state index contributed by atoms with van der Waals surface area (Å²) in [5, 5.41) is 3.36. The Hall–Kier alpha value is -0.410. The maximum absolute atomic E-state index is 13.2. The number of hydrogen-bond acceptors (Lipinski definition) is 1. The Morgan fingerprint density at radius 2 is 2.27 bits per heavy atom. The molecule has 2 unspecified atom stereocenters. The molecule has 82 valence electrons. The normalized spacial score (nSPS) is 24.2. The zero-order valence-corrected chi connectivity index (χ0v) is 10.3. The highest BCUT2D eigenvalue weighted by atomic mass is 79.9. The zero-order chi connectivity index (χ0) is 10.8. The van der Waals surface area contributed by atoms with Gasteiger partial charge in [0.2, 0.25) is 0 Å². The molecule has 2 rings (SSSR count). The molecule has 1 aromatic carbocycles. The van der Waals surface area contributed by atoms with Gasteiger partial charge in [-0.3, -0.25) is 0 Å². The van der Waals surface area contributed by atoms with Gasteiger partial charge in [0.25, 0.3) is 0 Å². The molecule has 1 aliphatic rings. The molecular weight excluding hydrogens is 257 g/mol. The van der Waals surface area contributed by atoms with Gasteiger partial charge < -0.3 is 5.32 Å². The van der Waals surface area contributed by atoms with Crippen LogP contribution in [0.15, 0.2) is 22.7 Å². The summed E-state index contributed by atoms with van der Waals surface area (Å²) in [5.41, 5.74) is 1.00. The van der Waals surface area contributed by atoms with E-state index >= 15 is 0 Å². The second-order valence-electron chi connectivity index (χ2n) is 4.35. The summed E-state index contributed by atoms with van der Waals surface area (Å²) >= 11 is 3.14. The molecule has 0 aromatic heterocycles. The van der Waals surface area contributed by atoms with Crippen molar-refractivity contribution in [2.45, 2.75) is 19.9 Å².